The van der Waals surface area contributed by atoms with Crippen LogP contribution in [0.4, 0.5) is 4.39 Å². The molecule has 0 amide bonds. The third kappa shape index (κ3) is 3.09. The van der Waals surface area contributed by atoms with Crippen molar-refractivity contribution in [1.82, 2.24) is 0 Å². The number of aryl methyl sites for hydroxylation is 1. The Labute approximate surface area is 86.8 Å². The molecule has 1 rings (SSSR count). The van der Waals surface area contributed by atoms with Gasteiger partial charge in [-0.15, -0.1) is 0 Å². The van der Waals surface area contributed by atoms with Crippen LogP contribution in [0.5, 0.6) is 5.75 Å². The van der Waals surface area contributed by atoms with Gasteiger partial charge in [-0.25, -0.2) is 9.18 Å². The lowest BCUT2D eigenvalue weighted by molar-refractivity contribution is -0.133. The molecule has 0 aliphatic rings. The summed E-state index contributed by atoms with van der Waals surface area (Å²) in [5.41, 5.74) is 0.576. The van der Waals surface area contributed by atoms with E-state index in [2.05, 4.69) is 6.58 Å². The van der Waals surface area contributed by atoms with E-state index in [1.807, 2.05) is 0 Å². The van der Waals surface area contributed by atoms with Crippen molar-refractivity contribution in [3.8, 4) is 5.75 Å². The van der Waals surface area contributed by atoms with Gasteiger partial charge in [-0.2, -0.15) is 0 Å². The van der Waals surface area contributed by atoms with E-state index in [0.717, 1.165) is 0 Å². The first-order chi connectivity index (χ1) is 7.00. The van der Waals surface area contributed by atoms with Crippen molar-refractivity contribution in [2.45, 2.75) is 6.92 Å². The maximum atomic E-state index is 12.7. The van der Waals surface area contributed by atoms with E-state index in [4.69, 9.17) is 9.84 Å². The summed E-state index contributed by atoms with van der Waals surface area (Å²) in [7, 11) is 0. The highest BCUT2D eigenvalue weighted by Gasteiger charge is 2.06. The molecule has 15 heavy (non-hydrogen) atoms. The molecule has 0 heterocycles. The maximum absolute atomic E-state index is 12.7. The predicted octanol–water partition coefficient (Wildman–Crippen LogP) is 2.15. The van der Waals surface area contributed by atoms with Crippen molar-refractivity contribution in [1.29, 1.82) is 0 Å². The molecule has 0 unspecified atom stereocenters. The van der Waals surface area contributed by atoms with Crippen molar-refractivity contribution in [2.75, 3.05) is 6.61 Å². The van der Waals surface area contributed by atoms with Gasteiger partial charge in [0.1, 0.15) is 18.2 Å². The Morgan fingerprint density at radius 1 is 1.60 bits per heavy atom. The van der Waals surface area contributed by atoms with Crippen LogP contribution in [0.25, 0.3) is 0 Å². The molecule has 0 bridgehead atoms. The lowest BCUT2D eigenvalue weighted by Gasteiger charge is -2.08. The molecule has 0 atom stereocenters. The fraction of sp³-hybridized carbons (Fsp3) is 0.182. The van der Waals surface area contributed by atoms with Crippen LogP contribution in [0.2, 0.25) is 0 Å². The van der Waals surface area contributed by atoms with Crippen LogP contribution < -0.4 is 4.74 Å². The number of carboxylic acid groups (broad SMARTS) is 1. The molecule has 4 heteroatoms. The second kappa shape index (κ2) is 4.59. The third-order valence-corrected chi connectivity index (χ3v) is 1.84. The zero-order valence-corrected chi connectivity index (χ0v) is 8.29. The van der Waals surface area contributed by atoms with E-state index in [1.165, 1.54) is 18.2 Å². The van der Waals surface area contributed by atoms with Gasteiger partial charge in [0, 0.05) is 0 Å². The van der Waals surface area contributed by atoms with Crippen molar-refractivity contribution in [3.63, 3.8) is 0 Å². The van der Waals surface area contributed by atoms with Crippen molar-refractivity contribution in [3.05, 3.63) is 41.7 Å². The standard InChI is InChI=1S/C11H11FO3/c1-7-5-9(12)3-4-10(7)15-6-8(2)11(13)14/h3-5H,2,6H2,1H3,(H,13,14). The van der Waals surface area contributed by atoms with Crippen LogP contribution in [0.15, 0.2) is 30.4 Å². The third-order valence-electron chi connectivity index (χ3n) is 1.84. The SMILES string of the molecule is C=C(COc1ccc(F)cc1C)C(=O)O. The molecule has 0 saturated carbocycles. The molecule has 0 aliphatic carbocycles. The Balaban J connectivity index is 2.66. The lowest BCUT2D eigenvalue weighted by Crippen LogP contribution is -2.09. The second-order valence-electron chi connectivity index (χ2n) is 3.11. The Hall–Kier alpha value is -1.84. The molecule has 1 N–H and O–H groups in total. The highest BCUT2D eigenvalue weighted by molar-refractivity contribution is 5.86. The number of benzene rings is 1. The Morgan fingerprint density at radius 3 is 2.80 bits per heavy atom. The van der Waals surface area contributed by atoms with Gasteiger partial charge in [0.25, 0.3) is 0 Å². The average molecular weight is 210 g/mol. The number of rotatable bonds is 4. The maximum Gasteiger partial charge on any atom is 0.334 e. The predicted molar refractivity (Wildman–Crippen MR) is 53.4 cm³/mol. The molecule has 0 spiro atoms. The summed E-state index contributed by atoms with van der Waals surface area (Å²) in [5.74, 6) is -0.995. The zero-order chi connectivity index (χ0) is 11.4. The fourth-order valence-electron chi connectivity index (χ4n) is 1.00. The zero-order valence-electron chi connectivity index (χ0n) is 8.29. The quantitative estimate of drug-likeness (QED) is 0.774. The molecular weight excluding hydrogens is 199 g/mol. The number of hydrogen-bond acceptors (Lipinski definition) is 2. The van der Waals surface area contributed by atoms with E-state index in [0.29, 0.717) is 11.3 Å². The van der Waals surface area contributed by atoms with Gasteiger partial charge in [0.2, 0.25) is 0 Å². The van der Waals surface area contributed by atoms with Gasteiger partial charge in [0.15, 0.2) is 0 Å². The van der Waals surface area contributed by atoms with E-state index in [9.17, 15) is 9.18 Å². The Kier molecular flexibility index (Phi) is 3.44. The lowest BCUT2D eigenvalue weighted by atomic mass is 10.2. The van der Waals surface area contributed by atoms with E-state index in [1.54, 1.807) is 6.92 Å². The van der Waals surface area contributed by atoms with Crippen molar-refractivity contribution >= 4 is 5.97 Å². The number of carboxylic acids is 1. The summed E-state index contributed by atoms with van der Waals surface area (Å²) in [6.07, 6.45) is 0. The van der Waals surface area contributed by atoms with Crippen LogP contribution >= 0.6 is 0 Å². The summed E-state index contributed by atoms with van der Waals surface area (Å²) in [4.78, 5) is 10.4. The fourth-order valence-corrected chi connectivity index (χ4v) is 1.00. The second-order valence-corrected chi connectivity index (χ2v) is 3.11. The molecule has 0 fully saturated rings. The van der Waals surface area contributed by atoms with Crippen LogP contribution in [0, 0.1) is 12.7 Å². The molecular formula is C11H11FO3. The Bertz CT molecular complexity index is 399. The van der Waals surface area contributed by atoms with Crippen LogP contribution in [-0.2, 0) is 4.79 Å². The van der Waals surface area contributed by atoms with Crippen molar-refractivity contribution in [2.24, 2.45) is 0 Å². The molecule has 3 nitrogen and oxygen atoms in total. The number of aliphatic carboxylic acids is 1. The summed E-state index contributed by atoms with van der Waals surface area (Å²) < 4.78 is 17.9. The highest BCUT2D eigenvalue weighted by Crippen LogP contribution is 2.18. The first-order valence-electron chi connectivity index (χ1n) is 4.30. The van der Waals surface area contributed by atoms with Crippen LogP contribution in [0.1, 0.15) is 5.56 Å². The molecule has 0 aliphatic heterocycles. The van der Waals surface area contributed by atoms with Crippen LogP contribution in [0.3, 0.4) is 0 Å². The molecule has 1 aromatic rings. The van der Waals surface area contributed by atoms with E-state index < -0.39 is 5.97 Å². The van der Waals surface area contributed by atoms with Crippen LogP contribution in [-0.4, -0.2) is 17.7 Å². The summed E-state index contributed by atoms with van der Waals surface area (Å²) in [6, 6.07) is 4.03. The largest absolute Gasteiger partial charge is 0.488 e. The van der Waals surface area contributed by atoms with Gasteiger partial charge in [0.05, 0.1) is 5.57 Å². The normalized spacial score (nSPS) is 9.73. The monoisotopic (exact) mass is 210 g/mol. The number of halogens is 1. The molecule has 0 radical (unpaired) electrons. The van der Waals surface area contributed by atoms with Gasteiger partial charge in [-0.1, -0.05) is 6.58 Å². The minimum atomic E-state index is -1.10. The van der Waals surface area contributed by atoms with Gasteiger partial charge in [-0.05, 0) is 30.7 Å². The minimum Gasteiger partial charge on any atom is -0.488 e. The molecule has 0 saturated heterocycles. The molecule has 0 aromatic heterocycles. The first-order valence-corrected chi connectivity index (χ1v) is 4.30. The minimum absolute atomic E-state index is 0.0428. The molecule has 1 aromatic carbocycles. The van der Waals surface area contributed by atoms with Gasteiger partial charge < -0.3 is 9.84 Å². The molecule has 80 valence electrons. The summed E-state index contributed by atoms with van der Waals surface area (Å²) >= 11 is 0. The number of ether oxygens (including phenoxy) is 1. The van der Waals surface area contributed by atoms with E-state index >= 15 is 0 Å². The highest BCUT2D eigenvalue weighted by atomic mass is 19.1. The average Bonchev–Trinajstić information content (AvgIpc) is 2.15. The number of carbonyl (C=O) groups is 1. The van der Waals surface area contributed by atoms with E-state index in [-0.39, 0.29) is 18.0 Å². The van der Waals surface area contributed by atoms with Crippen molar-refractivity contribution < 1.29 is 19.0 Å². The van der Waals surface area contributed by atoms with Gasteiger partial charge >= 0.3 is 5.97 Å². The van der Waals surface area contributed by atoms with Gasteiger partial charge in [-0.3, -0.25) is 0 Å². The smallest absolute Gasteiger partial charge is 0.334 e. The summed E-state index contributed by atoms with van der Waals surface area (Å²) in [5, 5.41) is 8.53. The topological polar surface area (TPSA) is 46.5 Å². The number of hydrogen-bond donors (Lipinski definition) is 1. The summed E-state index contributed by atoms with van der Waals surface area (Å²) in [6.45, 7) is 4.89. The Morgan fingerprint density at radius 2 is 2.27 bits per heavy atom. The first kappa shape index (κ1) is 11.2.